The Kier molecular flexibility index (Phi) is 6.13. The van der Waals surface area contributed by atoms with E-state index >= 15 is 0 Å². The van der Waals surface area contributed by atoms with E-state index in [4.69, 9.17) is 4.74 Å². The quantitative estimate of drug-likeness (QED) is 0.634. The maximum absolute atomic E-state index is 12.4. The summed E-state index contributed by atoms with van der Waals surface area (Å²) in [5.74, 6) is 1.74. The number of carbonyl (C=O) groups excluding carboxylic acids is 1. The molecule has 0 aliphatic carbocycles. The number of thioether (sulfide) groups is 1. The molecule has 6 nitrogen and oxygen atoms in total. The summed E-state index contributed by atoms with van der Waals surface area (Å²) in [6, 6.07) is 17.4. The molecule has 0 saturated carbocycles. The smallest absolute Gasteiger partial charge is 0.230 e. The number of nitrogens with zero attached hydrogens (tertiary/aromatic N) is 3. The Bertz CT molecular complexity index is 911. The lowest BCUT2D eigenvalue weighted by Gasteiger charge is -2.17. The van der Waals surface area contributed by atoms with Crippen molar-refractivity contribution in [2.45, 2.75) is 18.1 Å². The van der Waals surface area contributed by atoms with Crippen LogP contribution in [0.5, 0.6) is 5.75 Å². The van der Waals surface area contributed by atoms with Gasteiger partial charge in [0, 0.05) is 18.2 Å². The van der Waals surface area contributed by atoms with Crippen LogP contribution in [0.4, 0.5) is 0 Å². The van der Waals surface area contributed by atoms with Gasteiger partial charge in [0.2, 0.25) is 5.91 Å². The van der Waals surface area contributed by atoms with Crippen molar-refractivity contribution in [3.8, 4) is 17.1 Å². The Hall–Kier alpha value is -2.80. The fourth-order valence-corrected chi connectivity index (χ4v) is 3.52. The molecule has 0 aliphatic heterocycles. The molecule has 3 aromatic rings. The van der Waals surface area contributed by atoms with E-state index in [1.165, 1.54) is 11.8 Å². The number of nitrogens with one attached hydrogen (secondary N) is 1. The van der Waals surface area contributed by atoms with E-state index in [1.54, 1.807) is 7.11 Å². The first-order valence-electron chi connectivity index (χ1n) is 8.60. The number of carbonyl (C=O) groups is 1. The van der Waals surface area contributed by atoms with Gasteiger partial charge in [0.1, 0.15) is 5.75 Å². The average molecular weight is 382 g/mol. The largest absolute Gasteiger partial charge is 0.496 e. The average Bonchev–Trinajstić information content (AvgIpc) is 3.07. The summed E-state index contributed by atoms with van der Waals surface area (Å²) >= 11 is 1.36. The molecule has 1 aromatic heterocycles. The van der Waals surface area contributed by atoms with Crippen LogP contribution in [0.3, 0.4) is 0 Å². The van der Waals surface area contributed by atoms with Crippen molar-refractivity contribution < 1.29 is 9.53 Å². The van der Waals surface area contributed by atoms with Crippen LogP contribution in [0.2, 0.25) is 0 Å². The van der Waals surface area contributed by atoms with Crippen LogP contribution in [0.1, 0.15) is 18.5 Å². The van der Waals surface area contributed by atoms with Gasteiger partial charge in [-0.05, 0) is 13.0 Å². The number of amides is 1. The van der Waals surface area contributed by atoms with E-state index < -0.39 is 0 Å². The molecule has 1 amide bonds. The van der Waals surface area contributed by atoms with Gasteiger partial charge < -0.3 is 14.6 Å². The molecular weight excluding hydrogens is 360 g/mol. The zero-order valence-electron chi connectivity index (χ0n) is 15.5. The van der Waals surface area contributed by atoms with E-state index in [0.717, 1.165) is 22.7 Å². The number of methoxy groups -OCH3 is 1. The van der Waals surface area contributed by atoms with Crippen molar-refractivity contribution in [2.75, 3.05) is 12.9 Å². The van der Waals surface area contributed by atoms with E-state index in [2.05, 4.69) is 15.5 Å². The summed E-state index contributed by atoms with van der Waals surface area (Å²) in [6.07, 6.45) is 0. The third-order valence-corrected chi connectivity index (χ3v) is 5.20. The van der Waals surface area contributed by atoms with Crippen LogP contribution in [0.25, 0.3) is 11.4 Å². The number of hydrogen-bond acceptors (Lipinski definition) is 5. The lowest BCUT2D eigenvalue weighted by molar-refractivity contribution is -0.119. The molecule has 1 unspecified atom stereocenters. The Morgan fingerprint density at radius 1 is 1.15 bits per heavy atom. The van der Waals surface area contributed by atoms with E-state index in [-0.39, 0.29) is 17.7 Å². The van der Waals surface area contributed by atoms with Gasteiger partial charge in [-0.15, -0.1) is 10.2 Å². The molecule has 1 heterocycles. The Morgan fingerprint density at radius 2 is 1.85 bits per heavy atom. The molecule has 3 rings (SSSR count). The molecule has 27 heavy (non-hydrogen) atoms. The van der Waals surface area contributed by atoms with Crippen molar-refractivity contribution in [3.63, 3.8) is 0 Å². The Labute approximate surface area is 163 Å². The molecule has 1 atom stereocenters. The Balaban J connectivity index is 1.61. The number of rotatable bonds is 7. The lowest BCUT2D eigenvalue weighted by Crippen LogP contribution is -2.28. The highest BCUT2D eigenvalue weighted by molar-refractivity contribution is 7.99. The fraction of sp³-hybridized carbons (Fsp3) is 0.250. The second kappa shape index (κ2) is 8.73. The summed E-state index contributed by atoms with van der Waals surface area (Å²) in [7, 11) is 3.53. The maximum atomic E-state index is 12.4. The zero-order valence-corrected chi connectivity index (χ0v) is 16.4. The van der Waals surface area contributed by atoms with Crippen LogP contribution in [-0.2, 0) is 11.8 Å². The molecule has 140 valence electrons. The standard InChI is InChI=1S/C20H22N4O2S/c1-14(16-11-7-8-12-17(16)26-3)21-18(25)13-27-20-23-22-19(24(20)2)15-9-5-4-6-10-15/h4-12,14H,13H2,1-3H3,(H,21,25). The van der Waals surface area contributed by atoms with Crippen molar-refractivity contribution in [2.24, 2.45) is 7.05 Å². The van der Waals surface area contributed by atoms with Crippen molar-refractivity contribution >= 4 is 17.7 Å². The predicted octanol–water partition coefficient (Wildman–Crippen LogP) is 3.46. The molecule has 7 heteroatoms. The fourth-order valence-electron chi connectivity index (χ4n) is 2.79. The van der Waals surface area contributed by atoms with Crippen molar-refractivity contribution in [3.05, 3.63) is 60.2 Å². The zero-order chi connectivity index (χ0) is 19.2. The molecular formula is C20H22N4O2S. The monoisotopic (exact) mass is 382 g/mol. The molecule has 0 aliphatic rings. The number of ether oxygens (including phenoxy) is 1. The van der Waals surface area contributed by atoms with E-state index in [1.807, 2.05) is 73.1 Å². The molecule has 0 fully saturated rings. The minimum atomic E-state index is -0.145. The highest BCUT2D eigenvalue weighted by Gasteiger charge is 2.16. The second-order valence-electron chi connectivity index (χ2n) is 6.05. The first kappa shape index (κ1) is 19.0. The maximum Gasteiger partial charge on any atom is 0.230 e. The van der Waals surface area contributed by atoms with Gasteiger partial charge in [0.25, 0.3) is 0 Å². The Morgan fingerprint density at radius 3 is 2.59 bits per heavy atom. The predicted molar refractivity (Wildman–Crippen MR) is 107 cm³/mol. The molecule has 0 spiro atoms. The van der Waals surface area contributed by atoms with Gasteiger partial charge in [-0.25, -0.2) is 0 Å². The summed E-state index contributed by atoms with van der Waals surface area (Å²) < 4.78 is 7.26. The van der Waals surface area contributed by atoms with Crippen molar-refractivity contribution in [1.29, 1.82) is 0 Å². The van der Waals surface area contributed by atoms with Crippen LogP contribution >= 0.6 is 11.8 Å². The van der Waals surface area contributed by atoms with E-state index in [0.29, 0.717) is 5.16 Å². The molecule has 0 radical (unpaired) electrons. The molecule has 2 aromatic carbocycles. The summed E-state index contributed by atoms with van der Waals surface area (Å²) in [4.78, 5) is 12.4. The third-order valence-electron chi connectivity index (χ3n) is 4.18. The summed E-state index contributed by atoms with van der Waals surface area (Å²) in [5, 5.41) is 12.1. The normalized spacial score (nSPS) is 11.8. The van der Waals surface area contributed by atoms with Crippen LogP contribution < -0.4 is 10.1 Å². The van der Waals surface area contributed by atoms with Gasteiger partial charge in [-0.1, -0.05) is 60.3 Å². The number of para-hydroxylation sites is 1. The molecule has 1 N–H and O–H groups in total. The van der Waals surface area contributed by atoms with Crippen LogP contribution in [-0.4, -0.2) is 33.5 Å². The minimum Gasteiger partial charge on any atom is -0.496 e. The first-order valence-corrected chi connectivity index (χ1v) is 9.58. The highest BCUT2D eigenvalue weighted by Crippen LogP contribution is 2.25. The van der Waals surface area contributed by atoms with Crippen molar-refractivity contribution in [1.82, 2.24) is 20.1 Å². The first-order chi connectivity index (χ1) is 13.1. The van der Waals surface area contributed by atoms with Gasteiger partial charge in [0.15, 0.2) is 11.0 Å². The number of aromatic nitrogens is 3. The highest BCUT2D eigenvalue weighted by atomic mass is 32.2. The molecule has 0 bridgehead atoms. The van der Waals surface area contributed by atoms with Gasteiger partial charge in [-0.2, -0.15) is 0 Å². The minimum absolute atomic E-state index is 0.0670. The topological polar surface area (TPSA) is 69.0 Å². The van der Waals surface area contributed by atoms with Gasteiger partial charge in [-0.3, -0.25) is 4.79 Å². The summed E-state index contributed by atoms with van der Waals surface area (Å²) in [5.41, 5.74) is 1.94. The van der Waals surface area contributed by atoms with Gasteiger partial charge in [0.05, 0.1) is 18.9 Å². The van der Waals surface area contributed by atoms with Gasteiger partial charge >= 0.3 is 0 Å². The summed E-state index contributed by atoms with van der Waals surface area (Å²) in [6.45, 7) is 1.94. The lowest BCUT2D eigenvalue weighted by atomic mass is 10.1. The number of hydrogen-bond donors (Lipinski definition) is 1. The van der Waals surface area contributed by atoms with Crippen LogP contribution in [0.15, 0.2) is 59.8 Å². The van der Waals surface area contributed by atoms with Crippen LogP contribution in [0, 0.1) is 0 Å². The van der Waals surface area contributed by atoms with E-state index in [9.17, 15) is 4.79 Å². The second-order valence-corrected chi connectivity index (χ2v) is 6.99. The third kappa shape index (κ3) is 4.49. The number of benzene rings is 2. The molecule has 0 saturated heterocycles. The SMILES string of the molecule is COc1ccccc1C(C)NC(=O)CSc1nnc(-c2ccccc2)n1C.